The Morgan fingerprint density at radius 3 is 2.29 bits per heavy atom. The molecule has 3 aromatic rings. The van der Waals surface area contributed by atoms with Gasteiger partial charge >= 0.3 is 0 Å². The van der Waals surface area contributed by atoms with Crippen LogP contribution in [0, 0.1) is 11.8 Å². The van der Waals surface area contributed by atoms with Crippen LogP contribution >= 0.6 is 11.8 Å². The summed E-state index contributed by atoms with van der Waals surface area (Å²) in [6.07, 6.45) is 0. The van der Waals surface area contributed by atoms with E-state index in [1.54, 1.807) is 31.4 Å². The van der Waals surface area contributed by atoms with Gasteiger partial charge in [0.05, 0.1) is 12.9 Å². The molecule has 3 aromatic carbocycles. The third-order valence-corrected chi connectivity index (χ3v) is 6.15. The molecule has 4 N–H and O–H groups in total. The zero-order valence-electron chi connectivity index (χ0n) is 20.2. The van der Waals surface area contributed by atoms with Crippen LogP contribution < -0.4 is 20.9 Å². The lowest BCUT2D eigenvalue weighted by Crippen LogP contribution is -2.52. The molecule has 38 heavy (non-hydrogen) atoms. The fourth-order valence-electron chi connectivity index (χ4n) is 3.19. The number of hydrogen-bond donors (Lipinski definition) is 4. The Morgan fingerprint density at radius 2 is 1.63 bits per heavy atom. The minimum absolute atomic E-state index is 0. The molecule has 0 fully saturated rings. The second kappa shape index (κ2) is 15.8. The van der Waals surface area contributed by atoms with Crippen molar-refractivity contribution >= 4 is 29.5 Å². The number of amides is 3. The minimum atomic E-state index is -1.16. The summed E-state index contributed by atoms with van der Waals surface area (Å²) in [7, 11) is 1.59. The maximum absolute atomic E-state index is 12.7. The van der Waals surface area contributed by atoms with Crippen molar-refractivity contribution < 1.29 is 24.3 Å². The highest BCUT2D eigenvalue weighted by molar-refractivity contribution is 7.99. The van der Waals surface area contributed by atoms with Crippen molar-refractivity contribution in [2.24, 2.45) is 0 Å². The normalized spacial score (nSPS) is 10.6. The van der Waals surface area contributed by atoms with Gasteiger partial charge in [0.15, 0.2) is 0 Å². The highest BCUT2D eigenvalue weighted by Crippen LogP contribution is 2.17. The minimum Gasteiger partial charge on any atom is -0.497 e. The largest absolute Gasteiger partial charge is 0.497 e. The predicted molar refractivity (Wildman–Crippen MR) is 149 cm³/mol. The van der Waals surface area contributed by atoms with Crippen molar-refractivity contribution in [2.45, 2.75) is 19.2 Å². The number of benzene rings is 3. The zero-order valence-corrected chi connectivity index (χ0v) is 21.0. The SMILES string of the molecule is C.COc1cccc(CSCC(=O)NC[C@H](NC(=O)c2ccc(C#Cc3ccccc3)cc2)C(=O)NO)c1. The molecule has 0 saturated heterocycles. The first-order valence-corrected chi connectivity index (χ1v) is 12.5. The molecule has 0 spiro atoms. The Balaban J connectivity index is 0.00000507. The van der Waals surface area contributed by atoms with Gasteiger partial charge in [0, 0.05) is 29.0 Å². The highest BCUT2D eigenvalue weighted by Gasteiger charge is 2.22. The summed E-state index contributed by atoms with van der Waals surface area (Å²) in [6.45, 7) is -0.183. The van der Waals surface area contributed by atoms with E-state index in [0.29, 0.717) is 11.3 Å². The summed E-state index contributed by atoms with van der Waals surface area (Å²) in [4.78, 5) is 37.0. The van der Waals surface area contributed by atoms with E-state index in [4.69, 9.17) is 9.94 Å². The van der Waals surface area contributed by atoms with Crippen LogP contribution in [0.1, 0.15) is 34.5 Å². The number of methoxy groups -OCH3 is 1. The van der Waals surface area contributed by atoms with E-state index in [9.17, 15) is 14.4 Å². The van der Waals surface area contributed by atoms with Gasteiger partial charge in [-0.25, -0.2) is 5.48 Å². The van der Waals surface area contributed by atoms with Crippen molar-refractivity contribution in [3.8, 4) is 17.6 Å². The van der Waals surface area contributed by atoms with E-state index in [1.165, 1.54) is 17.2 Å². The van der Waals surface area contributed by atoms with Crippen LogP contribution in [0.15, 0.2) is 78.9 Å². The number of thioether (sulfide) groups is 1. The first kappa shape index (κ1) is 30.0. The molecule has 0 unspecified atom stereocenters. The van der Waals surface area contributed by atoms with Crippen LogP contribution in [-0.2, 0) is 15.3 Å². The molecule has 9 heteroatoms. The molecule has 8 nitrogen and oxygen atoms in total. The molecule has 0 bridgehead atoms. The van der Waals surface area contributed by atoms with Gasteiger partial charge in [0.2, 0.25) is 5.91 Å². The zero-order chi connectivity index (χ0) is 26.5. The number of carbonyl (C=O) groups is 3. The number of nitrogens with one attached hydrogen (secondary N) is 3. The van der Waals surface area contributed by atoms with Crippen molar-refractivity contribution in [3.63, 3.8) is 0 Å². The van der Waals surface area contributed by atoms with Gasteiger partial charge in [-0.3, -0.25) is 19.6 Å². The summed E-state index contributed by atoms with van der Waals surface area (Å²) >= 11 is 1.40. The smallest absolute Gasteiger partial charge is 0.267 e. The molecule has 0 radical (unpaired) electrons. The monoisotopic (exact) mass is 533 g/mol. The third kappa shape index (κ3) is 9.65. The molecule has 0 aliphatic carbocycles. The van der Waals surface area contributed by atoms with Crippen LogP contribution in [0.5, 0.6) is 5.75 Å². The van der Waals surface area contributed by atoms with Gasteiger partial charge in [0.1, 0.15) is 11.8 Å². The van der Waals surface area contributed by atoms with Gasteiger partial charge in [-0.1, -0.05) is 49.6 Å². The maximum Gasteiger partial charge on any atom is 0.267 e. The summed E-state index contributed by atoms with van der Waals surface area (Å²) in [5.74, 6) is 5.89. The standard InChI is InChI=1S/C28H27N3O5S.CH4/c1-36-24-9-5-8-22(16-24)18-37-19-26(32)29-17-25(28(34)31-35)30-27(33)23-14-12-21(13-15-23)11-10-20-6-3-2-4-7-20;/h2-9,12-16,25,35H,17-19H2,1H3,(H,29,32)(H,30,33)(H,31,34);1H4/t25-;/m0./s1. The topological polar surface area (TPSA) is 117 Å². The number of carbonyl (C=O) groups excluding carboxylic acids is 3. The van der Waals surface area contributed by atoms with Crippen molar-refractivity contribution in [3.05, 3.63) is 101 Å². The molecule has 198 valence electrons. The molecule has 1 atom stereocenters. The Kier molecular flexibility index (Phi) is 12.4. The van der Waals surface area contributed by atoms with Gasteiger partial charge in [0.25, 0.3) is 11.8 Å². The average molecular weight is 534 g/mol. The van der Waals surface area contributed by atoms with E-state index < -0.39 is 17.9 Å². The Labute approximate surface area is 227 Å². The fourth-order valence-corrected chi connectivity index (χ4v) is 4.00. The van der Waals surface area contributed by atoms with Gasteiger partial charge < -0.3 is 15.4 Å². The van der Waals surface area contributed by atoms with E-state index in [1.807, 2.05) is 54.6 Å². The van der Waals surface area contributed by atoms with Crippen LogP contribution in [0.4, 0.5) is 0 Å². The quantitative estimate of drug-likeness (QED) is 0.180. The van der Waals surface area contributed by atoms with Crippen molar-refractivity contribution in [1.29, 1.82) is 0 Å². The van der Waals surface area contributed by atoms with E-state index >= 15 is 0 Å². The van der Waals surface area contributed by atoms with E-state index in [0.717, 1.165) is 22.4 Å². The highest BCUT2D eigenvalue weighted by atomic mass is 32.2. The molecule has 0 aliphatic heterocycles. The summed E-state index contributed by atoms with van der Waals surface area (Å²) < 4.78 is 5.19. The molecule has 3 rings (SSSR count). The van der Waals surface area contributed by atoms with Crippen LogP contribution in [0.25, 0.3) is 0 Å². The number of rotatable bonds is 10. The molecule has 0 aromatic heterocycles. The second-order valence-corrected chi connectivity index (χ2v) is 8.83. The lowest BCUT2D eigenvalue weighted by Gasteiger charge is -2.17. The van der Waals surface area contributed by atoms with E-state index in [2.05, 4.69) is 22.5 Å². The van der Waals surface area contributed by atoms with Gasteiger partial charge in [-0.2, -0.15) is 0 Å². The van der Waals surface area contributed by atoms with Crippen LogP contribution in [-0.4, -0.2) is 48.4 Å². The van der Waals surface area contributed by atoms with Gasteiger partial charge in [-0.05, 0) is 54.1 Å². The molecule has 3 amide bonds. The predicted octanol–water partition coefficient (Wildman–Crippen LogP) is 3.38. The lowest BCUT2D eigenvalue weighted by molar-refractivity contribution is -0.131. The Morgan fingerprint density at radius 1 is 0.947 bits per heavy atom. The third-order valence-electron chi connectivity index (χ3n) is 5.14. The summed E-state index contributed by atoms with van der Waals surface area (Å²) in [5, 5.41) is 14.2. The van der Waals surface area contributed by atoms with Crippen LogP contribution in [0.3, 0.4) is 0 Å². The first-order chi connectivity index (χ1) is 18.0. The average Bonchev–Trinajstić information content (AvgIpc) is 2.94. The molecular formula is C29H31N3O5S. The molecule has 0 saturated carbocycles. The molecule has 0 heterocycles. The second-order valence-electron chi connectivity index (χ2n) is 7.84. The van der Waals surface area contributed by atoms with Gasteiger partial charge in [-0.15, -0.1) is 11.8 Å². The van der Waals surface area contributed by atoms with Crippen molar-refractivity contribution in [1.82, 2.24) is 16.1 Å². The summed E-state index contributed by atoms with van der Waals surface area (Å²) in [6, 6.07) is 22.5. The van der Waals surface area contributed by atoms with E-state index in [-0.39, 0.29) is 25.6 Å². The molecule has 0 aliphatic rings. The number of hydrogen-bond acceptors (Lipinski definition) is 6. The summed E-state index contributed by atoms with van der Waals surface area (Å²) in [5.41, 5.74) is 4.45. The number of hydroxylamine groups is 1. The Bertz CT molecular complexity index is 1270. The van der Waals surface area contributed by atoms with Crippen LogP contribution in [0.2, 0.25) is 0 Å². The number of ether oxygens (including phenoxy) is 1. The lowest BCUT2D eigenvalue weighted by atomic mass is 10.1. The first-order valence-electron chi connectivity index (χ1n) is 11.4. The molecular weight excluding hydrogens is 502 g/mol. The Hall–Kier alpha value is -4.26. The van der Waals surface area contributed by atoms with Crippen molar-refractivity contribution in [2.75, 3.05) is 19.4 Å². The fraction of sp³-hybridized carbons (Fsp3) is 0.207. The maximum atomic E-state index is 12.7.